The van der Waals surface area contributed by atoms with Gasteiger partial charge in [0.25, 0.3) is 0 Å². The van der Waals surface area contributed by atoms with Gasteiger partial charge in [-0.1, -0.05) is 0 Å². The fourth-order valence-corrected chi connectivity index (χ4v) is 0.835. The van der Waals surface area contributed by atoms with Crippen molar-refractivity contribution >= 4 is 9.29 Å². The molecule has 0 unspecified atom stereocenters. The van der Waals surface area contributed by atoms with Gasteiger partial charge in [0.2, 0.25) is 0 Å². The molecule has 7 heavy (non-hydrogen) atoms. The van der Waals surface area contributed by atoms with Gasteiger partial charge in [-0.05, 0) is 0 Å². The van der Waals surface area contributed by atoms with Crippen molar-refractivity contribution in [2.45, 2.75) is 13.8 Å². The van der Waals surface area contributed by atoms with Crippen LogP contribution in [0.25, 0.3) is 0 Å². The van der Waals surface area contributed by atoms with Crippen LogP contribution in [0.5, 0.6) is 0 Å². The third kappa shape index (κ3) is 5.87. The SMILES string of the molecule is C[C](=O)[Cr][C](C)=O. The molecular weight excluding hydrogens is 132 g/mol. The van der Waals surface area contributed by atoms with Gasteiger partial charge in [-0.3, -0.25) is 0 Å². The Morgan fingerprint density at radius 2 is 1.43 bits per heavy atom. The van der Waals surface area contributed by atoms with E-state index >= 15 is 0 Å². The van der Waals surface area contributed by atoms with Crippen LogP contribution in [0.15, 0.2) is 0 Å². The molecule has 2 nitrogen and oxygen atoms in total. The van der Waals surface area contributed by atoms with Crippen molar-refractivity contribution in [1.29, 1.82) is 0 Å². The van der Waals surface area contributed by atoms with Gasteiger partial charge in [-0.15, -0.1) is 0 Å². The second kappa shape index (κ2) is 2.95. The van der Waals surface area contributed by atoms with Crippen molar-refractivity contribution in [1.82, 2.24) is 0 Å². The average Bonchev–Trinajstić information content (AvgIpc) is 1.27. The molecule has 0 heterocycles. The van der Waals surface area contributed by atoms with Gasteiger partial charge in [-0.25, -0.2) is 0 Å². The van der Waals surface area contributed by atoms with E-state index in [1.807, 2.05) is 0 Å². The van der Waals surface area contributed by atoms with Gasteiger partial charge in [0.1, 0.15) is 0 Å². The first-order chi connectivity index (χ1) is 3.13. The van der Waals surface area contributed by atoms with Crippen LogP contribution in [0.2, 0.25) is 0 Å². The molecular formula is C4H6CrO2. The average molecular weight is 138 g/mol. The van der Waals surface area contributed by atoms with Gasteiger partial charge in [0.15, 0.2) is 0 Å². The van der Waals surface area contributed by atoms with E-state index in [2.05, 4.69) is 0 Å². The Bertz CT molecular complexity index is 85.9. The first-order valence-corrected chi connectivity index (χ1v) is 3.09. The summed E-state index contributed by atoms with van der Waals surface area (Å²) in [6.07, 6.45) is 0. The topological polar surface area (TPSA) is 34.1 Å². The van der Waals surface area contributed by atoms with E-state index in [4.69, 9.17) is 0 Å². The molecule has 0 atom stereocenters. The van der Waals surface area contributed by atoms with Crippen molar-refractivity contribution in [3.8, 4) is 0 Å². The number of rotatable bonds is 2. The molecule has 0 radical (unpaired) electrons. The van der Waals surface area contributed by atoms with E-state index in [0.29, 0.717) is 0 Å². The maximum absolute atomic E-state index is 10.1. The molecule has 0 aliphatic heterocycles. The molecule has 0 amide bonds. The summed E-state index contributed by atoms with van der Waals surface area (Å²) in [7, 11) is 0. The quantitative estimate of drug-likeness (QED) is 0.544. The predicted molar refractivity (Wildman–Crippen MR) is 21.4 cm³/mol. The van der Waals surface area contributed by atoms with Gasteiger partial charge >= 0.3 is 47.9 Å². The first-order valence-electron chi connectivity index (χ1n) is 1.82. The number of hydrogen-bond donors (Lipinski definition) is 0. The summed E-state index contributed by atoms with van der Waals surface area (Å²) < 4.78 is 0.000000000000000666. The Morgan fingerprint density at radius 1 is 1.14 bits per heavy atom. The number of hydrogen-bond acceptors (Lipinski definition) is 2. The molecule has 0 aromatic carbocycles. The summed E-state index contributed by atoms with van der Waals surface area (Å²) in [6, 6.07) is 0. The van der Waals surface area contributed by atoms with Crippen molar-refractivity contribution < 1.29 is 24.8 Å². The van der Waals surface area contributed by atoms with Gasteiger partial charge < -0.3 is 0 Å². The van der Waals surface area contributed by atoms with Crippen molar-refractivity contribution in [3.63, 3.8) is 0 Å². The molecule has 0 N–H and O–H groups in total. The van der Waals surface area contributed by atoms with Crippen molar-refractivity contribution in [2.24, 2.45) is 0 Å². The zero-order valence-corrected chi connectivity index (χ0v) is 5.50. The molecule has 0 saturated carbocycles. The predicted octanol–water partition coefficient (Wildman–Crippen LogP) is 0.162. The Balaban J connectivity index is 3.32. The molecule has 0 fully saturated rings. The van der Waals surface area contributed by atoms with E-state index in [0.717, 1.165) is 0 Å². The van der Waals surface area contributed by atoms with Crippen LogP contribution in [0.1, 0.15) is 13.8 Å². The molecule has 0 aliphatic rings. The Kier molecular flexibility index (Phi) is 2.90. The zero-order chi connectivity index (χ0) is 5.86. The van der Waals surface area contributed by atoms with E-state index < -0.39 is 15.2 Å². The van der Waals surface area contributed by atoms with Crippen LogP contribution in [0.4, 0.5) is 0 Å². The number of carbonyl (C=O) groups is 2. The molecule has 40 valence electrons. The van der Waals surface area contributed by atoms with E-state index in [-0.39, 0.29) is 9.29 Å². The van der Waals surface area contributed by atoms with Gasteiger partial charge in [0.05, 0.1) is 0 Å². The second-order valence-electron chi connectivity index (χ2n) is 1.09. The molecule has 0 aromatic rings. The summed E-state index contributed by atoms with van der Waals surface area (Å²) in [4.78, 5) is 20.1. The maximum atomic E-state index is 10.1. The zero-order valence-electron chi connectivity index (χ0n) is 4.22. The third-order valence-electron chi connectivity index (χ3n) is 0.287. The summed E-state index contributed by atoms with van der Waals surface area (Å²) in [5.41, 5.74) is 0. The summed E-state index contributed by atoms with van der Waals surface area (Å²) in [5, 5.41) is 0. The van der Waals surface area contributed by atoms with E-state index in [9.17, 15) is 9.59 Å². The van der Waals surface area contributed by atoms with E-state index in [1.165, 1.54) is 13.8 Å². The third-order valence-corrected chi connectivity index (χ3v) is 1.19. The van der Waals surface area contributed by atoms with Crippen molar-refractivity contribution in [3.05, 3.63) is 0 Å². The molecule has 0 aliphatic carbocycles. The Hall–Kier alpha value is -0.128. The van der Waals surface area contributed by atoms with Gasteiger partial charge in [-0.2, -0.15) is 0 Å². The van der Waals surface area contributed by atoms with Crippen LogP contribution in [0.3, 0.4) is 0 Å². The molecule has 0 rings (SSSR count). The Labute approximate surface area is 48.6 Å². The summed E-state index contributed by atoms with van der Waals surface area (Å²) >= 11 is -0.403. The fraction of sp³-hybridized carbons (Fsp3) is 0.500. The molecule has 0 bridgehead atoms. The second-order valence-corrected chi connectivity index (χ2v) is 3.20. The molecule has 0 spiro atoms. The number of carbonyl (C=O) groups excluding carboxylic acids is 2. The van der Waals surface area contributed by atoms with Crippen LogP contribution in [-0.2, 0) is 24.8 Å². The first kappa shape index (κ1) is 6.87. The Morgan fingerprint density at radius 3 is 1.43 bits per heavy atom. The van der Waals surface area contributed by atoms with Crippen LogP contribution >= 0.6 is 0 Å². The monoisotopic (exact) mass is 138 g/mol. The van der Waals surface area contributed by atoms with E-state index in [1.54, 1.807) is 0 Å². The normalized spacial score (nSPS) is 8.29. The van der Waals surface area contributed by atoms with Crippen molar-refractivity contribution in [2.75, 3.05) is 0 Å². The minimum absolute atomic E-state index is 0.000000000000000222. The minimum atomic E-state index is -0.403. The molecule has 3 heteroatoms. The fourth-order valence-electron chi connectivity index (χ4n) is 0.202. The molecule has 0 aromatic heterocycles. The summed E-state index contributed by atoms with van der Waals surface area (Å²) in [5.74, 6) is 0. The van der Waals surface area contributed by atoms with Crippen LogP contribution in [-0.4, -0.2) is 9.29 Å². The standard InChI is InChI=1S/2C2H3O.Cr/c2*1-2-3;/h2*1H3;. The van der Waals surface area contributed by atoms with Crippen LogP contribution < -0.4 is 0 Å². The summed E-state index contributed by atoms with van der Waals surface area (Å²) in [6.45, 7) is 2.86. The molecule has 0 saturated heterocycles. The van der Waals surface area contributed by atoms with Gasteiger partial charge in [0, 0.05) is 0 Å². The van der Waals surface area contributed by atoms with Crippen LogP contribution in [0, 0.1) is 0 Å².